The largest absolute Gasteiger partial charge is 0.489 e. The van der Waals surface area contributed by atoms with Gasteiger partial charge >= 0.3 is 7.12 Å². The van der Waals surface area contributed by atoms with Gasteiger partial charge in [0, 0.05) is 37.1 Å². The molecule has 0 spiro atoms. The summed E-state index contributed by atoms with van der Waals surface area (Å²) < 4.78 is 97.1. The molecule has 14 aromatic carbocycles. The highest BCUT2D eigenvalue weighted by Crippen LogP contribution is 2.49. The van der Waals surface area contributed by atoms with Gasteiger partial charge in [-0.15, -0.1) is 0 Å². The fourth-order valence-corrected chi connectivity index (χ4v) is 12.2. The number of para-hydroxylation sites is 2. The van der Waals surface area contributed by atoms with Crippen molar-refractivity contribution in [3.05, 3.63) is 295 Å². The Balaban J connectivity index is 0.000000131. The predicted molar refractivity (Wildman–Crippen MR) is 349 cm³/mol. The van der Waals surface area contributed by atoms with Crippen molar-refractivity contribution in [1.82, 2.24) is 0 Å². The molecule has 0 radical (unpaired) electrons. The van der Waals surface area contributed by atoms with Crippen LogP contribution >= 0.6 is 15.9 Å². The third-order valence-corrected chi connectivity index (χ3v) is 15.8. The van der Waals surface area contributed by atoms with Crippen molar-refractivity contribution in [3.63, 3.8) is 0 Å². The molecule has 82 heavy (non-hydrogen) atoms. The van der Waals surface area contributed by atoms with Gasteiger partial charge in [-0.3, -0.25) is 0 Å². The van der Waals surface area contributed by atoms with Crippen LogP contribution in [0.2, 0.25) is 0 Å². The van der Waals surface area contributed by atoms with Gasteiger partial charge in [0.2, 0.25) is 0 Å². The molecule has 0 amide bonds. The number of halogens is 1. The molecular formula is C76H50BBrO4. The molecule has 0 saturated carbocycles. The van der Waals surface area contributed by atoms with Crippen molar-refractivity contribution in [2.45, 2.75) is 0 Å². The van der Waals surface area contributed by atoms with Crippen LogP contribution in [-0.4, -0.2) is 17.2 Å². The van der Waals surface area contributed by atoms with Crippen LogP contribution in [0.25, 0.3) is 143 Å². The van der Waals surface area contributed by atoms with E-state index in [0.717, 1.165) is 97.7 Å². The van der Waals surface area contributed by atoms with E-state index in [1.54, 1.807) is 48.5 Å². The van der Waals surface area contributed by atoms with Crippen LogP contribution in [-0.2, 0) is 0 Å². The smallest absolute Gasteiger partial charge is 0.455 e. The van der Waals surface area contributed by atoms with E-state index in [-0.39, 0.29) is 47.4 Å². The normalized spacial score (nSPS) is 13.1. The average Bonchev–Trinajstić information content (AvgIpc) is 0.958. The molecule has 0 atom stereocenters. The van der Waals surface area contributed by atoms with Crippen LogP contribution in [0.4, 0.5) is 0 Å². The summed E-state index contributed by atoms with van der Waals surface area (Å²) in [6.07, 6.45) is 0. The molecule has 6 heteroatoms. The highest BCUT2D eigenvalue weighted by atomic mass is 79.9. The van der Waals surface area contributed by atoms with Crippen molar-refractivity contribution in [1.29, 1.82) is 0 Å². The standard InChI is InChI=1S/C38H24O.C20H15BO2.C18H11BrO/c1-3-13-25(14-4-1)27-23-24-33(37-32-21-11-12-22-34(32)39-38(27)37)36-30-19-9-7-17-28(30)35(26-15-5-2-6-16-26)29-18-8-10-20-31(29)36;22-21(23)20-17-12-6-4-10-15(17)19(14-8-2-1-3-9-14)16-11-5-7-13-18(16)20;19-15-11-10-13(12-6-2-1-3-7-12)18-17(15)14-8-4-5-9-16(14)20-18/h1-24H;1-13,22-23H;1-11H/i2D,5D,6D,15D,16D;1D,2D,3D,8D,9D;. The van der Waals surface area contributed by atoms with E-state index in [0.29, 0.717) is 38.1 Å². The van der Waals surface area contributed by atoms with E-state index in [2.05, 4.69) is 88.7 Å². The minimum absolute atomic E-state index is 0.0948. The van der Waals surface area contributed by atoms with Crippen molar-refractivity contribution >= 4 is 115 Å². The molecule has 4 nitrogen and oxygen atoms in total. The van der Waals surface area contributed by atoms with E-state index in [1.165, 1.54) is 5.56 Å². The zero-order valence-corrected chi connectivity index (χ0v) is 45.2. The van der Waals surface area contributed by atoms with Crippen LogP contribution in [0.5, 0.6) is 0 Å². The van der Waals surface area contributed by atoms with Crippen molar-refractivity contribution < 1.29 is 32.6 Å². The number of furan rings is 2. The maximum Gasteiger partial charge on any atom is 0.489 e. The Labute approximate surface area is 496 Å². The highest BCUT2D eigenvalue weighted by molar-refractivity contribution is 9.10. The van der Waals surface area contributed by atoms with E-state index in [9.17, 15) is 10.0 Å². The van der Waals surface area contributed by atoms with Gasteiger partial charge in [0.25, 0.3) is 0 Å². The van der Waals surface area contributed by atoms with Crippen LogP contribution in [0, 0.1) is 0 Å². The Hall–Kier alpha value is -9.82. The first-order valence-corrected chi connectivity index (χ1v) is 27.5. The maximum atomic E-state index is 10.0. The lowest BCUT2D eigenvalue weighted by Gasteiger charge is -2.18. The van der Waals surface area contributed by atoms with Gasteiger partial charge in [-0.2, -0.15) is 0 Å². The molecule has 0 bridgehead atoms. The van der Waals surface area contributed by atoms with Gasteiger partial charge in [0.1, 0.15) is 22.3 Å². The topological polar surface area (TPSA) is 66.7 Å². The Bertz CT molecular complexity index is 5490. The summed E-state index contributed by atoms with van der Waals surface area (Å²) in [4.78, 5) is 0. The fourth-order valence-electron chi connectivity index (χ4n) is 11.7. The molecule has 2 N–H and O–H groups in total. The first-order valence-electron chi connectivity index (χ1n) is 31.7. The second-order valence-corrected chi connectivity index (χ2v) is 20.5. The summed E-state index contributed by atoms with van der Waals surface area (Å²) in [7, 11) is -1.72. The number of fused-ring (bicyclic) bond motifs is 10. The van der Waals surface area contributed by atoms with Gasteiger partial charge in [0.15, 0.2) is 0 Å². The van der Waals surface area contributed by atoms with Crippen LogP contribution in [0.1, 0.15) is 13.7 Å². The van der Waals surface area contributed by atoms with Crippen molar-refractivity contribution in [2.75, 3.05) is 0 Å². The fraction of sp³-hybridized carbons (Fsp3) is 0. The van der Waals surface area contributed by atoms with Gasteiger partial charge in [0.05, 0.1) is 13.7 Å². The average molecular weight is 1130 g/mol. The second kappa shape index (κ2) is 21.7. The summed E-state index contributed by atoms with van der Waals surface area (Å²) in [5.41, 5.74) is 11.6. The van der Waals surface area contributed by atoms with Crippen LogP contribution in [0.3, 0.4) is 0 Å². The Kier molecular flexibility index (Phi) is 10.7. The molecule has 16 aromatic rings. The number of benzene rings is 14. The molecule has 0 aliphatic rings. The minimum Gasteiger partial charge on any atom is -0.455 e. The van der Waals surface area contributed by atoms with Gasteiger partial charge in [-0.25, -0.2) is 0 Å². The van der Waals surface area contributed by atoms with Crippen LogP contribution < -0.4 is 5.46 Å². The molecule has 0 fully saturated rings. The molecule has 0 saturated heterocycles. The maximum absolute atomic E-state index is 10.0. The number of hydrogen-bond donors (Lipinski definition) is 2. The Morgan fingerprint density at radius 2 is 0.634 bits per heavy atom. The molecule has 388 valence electrons. The lowest BCUT2D eigenvalue weighted by atomic mass is 9.72. The zero-order valence-electron chi connectivity index (χ0n) is 53.6. The molecule has 2 aromatic heterocycles. The quantitative estimate of drug-likeness (QED) is 0.129. The third-order valence-electron chi connectivity index (χ3n) is 15.1. The molecule has 0 unspecified atom stereocenters. The third kappa shape index (κ3) is 8.91. The zero-order chi connectivity index (χ0) is 63.8. The minimum atomic E-state index is -1.72. The van der Waals surface area contributed by atoms with E-state index in [1.807, 2.05) is 109 Å². The van der Waals surface area contributed by atoms with Crippen molar-refractivity contribution in [2.24, 2.45) is 0 Å². The van der Waals surface area contributed by atoms with Crippen molar-refractivity contribution in [3.8, 4) is 55.6 Å². The summed E-state index contributed by atoms with van der Waals surface area (Å²) in [6.45, 7) is 0. The van der Waals surface area contributed by atoms with E-state index >= 15 is 0 Å². The van der Waals surface area contributed by atoms with Gasteiger partial charge in [-0.05, 0) is 123 Å². The molecule has 2 heterocycles. The monoisotopic (exact) mass is 1130 g/mol. The predicted octanol–water partition coefficient (Wildman–Crippen LogP) is 20.2. The molecule has 0 aliphatic carbocycles. The Morgan fingerprint density at radius 1 is 0.305 bits per heavy atom. The first-order chi connectivity index (χ1) is 44.6. The summed E-state index contributed by atoms with van der Waals surface area (Å²) in [5.74, 6) is 0. The highest BCUT2D eigenvalue weighted by Gasteiger charge is 2.24. The number of rotatable bonds is 6. The lowest BCUT2D eigenvalue weighted by molar-refractivity contribution is 0.426. The summed E-state index contributed by atoms with van der Waals surface area (Å²) >= 11 is 3.64. The Morgan fingerprint density at radius 3 is 1.07 bits per heavy atom. The van der Waals surface area contributed by atoms with E-state index < -0.39 is 31.3 Å². The first kappa shape index (κ1) is 40.4. The summed E-state index contributed by atoms with van der Waals surface area (Å²) in [6, 6.07) is 71.8. The van der Waals surface area contributed by atoms with E-state index in [4.69, 9.17) is 22.5 Å². The molecular weight excluding hydrogens is 1070 g/mol. The lowest BCUT2D eigenvalue weighted by Crippen LogP contribution is -2.31. The van der Waals surface area contributed by atoms with Gasteiger partial charge in [-0.1, -0.05) is 277 Å². The number of hydrogen-bond acceptors (Lipinski definition) is 4. The van der Waals surface area contributed by atoms with Gasteiger partial charge < -0.3 is 18.9 Å². The SMILES string of the molecule is Brc1ccc(-c2ccccc2)c2oc3ccccc3c12.[2H]c1c([2H])c([2H])c(-c2c3ccccc3c(-c3ccc(-c4ccccc4)c4oc5ccccc5c34)c3ccccc23)c([2H])c1[2H].[2H]c1c([2H])c([2H])c(-c2c3ccccc3c(B(O)O)c3ccccc23)c([2H])c1[2H]. The molecule has 0 aliphatic heterocycles. The second-order valence-electron chi connectivity index (χ2n) is 19.7. The molecule has 16 rings (SSSR count). The van der Waals surface area contributed by atoms with Crippen LogP contribution in [0.15, 0.2) is 304 Å². The summed E-state index contributed by atoms with van der Waals surface area (Å²) in [5, 5.41) is 30.1.